The highest BCUT2D eigenvalue weighted by Crippen LogP contribution is 2.23. The van der Waals surface area contributed by atoms with E-state index in [2.05, 4.69) is 21.7 Å². The van der Waals surface area contributed by atoms with Gasteiger partial charge < -0.3 is 20.3 Å². The minimum absolute atomic E-state index is 0.297. The molecule has 2 N–H and O–H groups in total. The molecule has 2 heterocycles. The average Bonchev–Trinajstić information content (AvgIpc) is 3.09. The highest BCUT2D eigenvalue weighted by atomic mass is 16.5. The fraction of sp³-hybridized carbons (Fsp3) is 0.286. The summed E-state index contributed by atoms with van der Waals surface area (Å²) in [6.45, 7) is 4.28. The molecule has 0 spiro atoms. The zero-order chi connectivity index (χ0) is 23.9. The molecular weight excluding hydrogens is 438 g/mol. The third-order valence-electron chi connectivity index (χ3n) is 6.24. The van der Waals surface area contributed by atoms with Crippen LogP contribution in [-0.4, -0.2) is 40.3 Å². The first-order chi connectivity index (χ1) is 17.2. The van der Waals surface area contributed by atoms with Crippen molar-refractivity contribution in [1.82, 2.24) is 14.7 Å². The van der Waals surface area contributed by atoms with Gasteiger partial charge in [-0.25, -0.2) is 4.79 Å². The lowest BCUT2D eigenvalue weighted by Gasteiger charge is -2.19. The summed E-state index contributed by atoms with van der Waals surface area (Å²) in [5, 5.41) is 11.5. The Labute approximate surface area is 205 Å². The summed E-state index contributed by atoms with van der Waals surface area (Å²) in [5.74, 6) is 1.48. The highest BCUT2D eigenvalue weighted by Gasteiger charge is 2.10. The Kier molecular flexibility index (Phi) is 7.24. The predicted molar refractivity (Wildman–Crippen MR) is 140 cm³/mol. The molecule has 0 radical (unpaired) electrons. The molecule has 0 aliphatic carbocycles. The average molecular weight is 470 g/mol. The van der Waals surface area contributed by atoms with Crippen LogP contribution in [0.1, 0.15) is 25.7 Å². The zero-order valence-corrected chi connectivity index (χ0v) is 19.8. The SMILES string of the molecule is O=C(Nc1ccc(Oc2ccccc2)cc1)Nc1ccc2nn(CCN3CCCCCC3)cc2c1. The van der Waals surface area contributed by atoms with Gasteiger partial charge in [0.25, 0.3) is 0 Å². The number of anilines is 2. The molecule has 1 aliphatic rings. The van der Waals surface area contributed by atoms with Crippen LogP contribution in [0.3, 0.4) is 0 Å². The molecule has 0 unspecified atom stereocenters. The van der Waals surface area contributed by atoms with Gasteiger partial charge >= 0.3 is 6.03 Å². The zero-order valence-electron chi connectivity index (χ0n) is 19.8. The number of carbonyl (C=O) groups is 1. The van der Waals surface area contributed by atoms with Crippen LogP contribution < -0.4 is 15.4 Å². The van der Waals surface area contributed by atoms with Crippen LogP contribution in [0.4, 0.5) is 16.2 Å². The van der Waals surface area contributed by atoms with Crippen LogP contribution in [0.15, 0.2) is 79.0 Å². The molecule has 7 nitrogen and oxygen atoms in total. The maximum atomic E-state index is 12.5. The number of hydrogen-bond acceptors (Lipinski definition) is 4. The van der Waals surface area contributed by atoms with Gasteiger partial charge in [-0.3, -0.25) is 4.68 Å². The number of nitrogens with zero attached hydrogens (tertiary/aromatic N) is 3. The Hall–Kier alpha value is -3.84. The fourth-order valence-electron chi connectivity index (χ4n) is 4.40. The number of nitrogens with one attached hydrogen (secondary N) is 2. The third kappa shape index (κ3) is 6.39. The molecule has 3 aromatic carbocycles. The maximum Gasteiger partial charge on any atom is 0.323 e. The number of ether oxygens (including phenoxy) is 1. The van der Waals surface area contributed by atoms with Gasteiger partial charge in [0, 0.05) is 29.5 Å². The first kappa shape index (κ1) is 22.9. The summed E-state index contributed by atoms with van der Waals surface area (Å²) < 4.78 is 7.81. The van der Waals surface area contributed by atoms with E-state index < -0.39 is 0 Å². The van der Waals surface area contributed by atoms with Gasteiger partial charge in [-0.2, -0.15) is 5.10 Å². The lowest BCUT2D eigenvalue weighted by atomic mass is 10.2. The molecule has 35 heavy (non-hydrogen) atoms. The molecule has 0 atom stereocenters. The minimum atomic E-state index is -0.297. The van der Waals surface area contributed by atoms with Crippen LogP contribution in [0.2, 0.25) is 0 Å². The van der Waals surface area contributed by atoms with Crippen molar-refractivity contribution in [2.75, 3.05) is 30.3 Å². The van der Waals surface area contributed by atoms with Crippen molar-refractivity contribution in [2.24, 2.45) is 0 Å². The second kappa shape index (κ2) is 11.1. The molecule has 1 aliphatic heterocycles. The number of urea groups is 1. The van der Waals surface area contributed by atoms with Gasteiger partial charge in [0.1, 0.15) is 11.5 Å². The molecule has 5 rings (SSSR count). The molecule has 7 heteroatoms. The summed E-state index contributed by atoms with van der Waals surface area (Å²) in [6.07, 6.45) is 7.34. The van der Waals surface area contributed by atoms with Crippen LogP contribution in [0, 0.1) is 0 Å². The van der Waals surface area contributed by atoms with Crippen LogP contribution in [0.25, 0.3) is 10.9 Å². The van der Waals surface area contributed by atoms with E-state index in [9.17, 15) is 4.79 Å². The number of rotatable bonds is 7. The van der Waals surface area contributed by atoms with Crippen molar-refractivity contribution in [2.45, 2.75) is 32.2 Å². The molecule has 0 bridgehead atoms. The van der Waals surface area contributed by atoms with E-state index in [1.165, 1.54) is 38.8 Å². The molecule has 180 valence electrons. The monoisotopic (exact) mass is 469 g/mol. The number of carbonyl (C=O) groups excluding carboxylic acids is 1. The Morgan fingerprint density at radius 3 is 2.26 bits per heavy atom. The first-order valence-corrected chi connectivity index (χ1v) is 12.3. The van der Waals surface area contributed by atoms with Gasteiger partial charge in [0.15, 0.2) is 0 Å². The number of amides is 2. The number of fused-ring (bicyclic) bond motifs is 1. The Morgan fingerprint density at radius 2 is 1.49 bits per heavy atom. The second-order valence-electron chi connectivity index (χ2n) is 8.94. The van der Waals surface area contributed by atoms with E-state index in [0.29, 0.717) is 11.4 Å². The normalized spacial score (nSPS) is 14.4. The van der Waals surface area contributed by atoms with Crippen molar-refractivity contribution < 1.29 is 9.53 Å². The Morgan fingerprint density at radius 1 is 0.800 bits per heavy atom. The van der Waals surface area contributed by atoms with E-state index >= 15 is 0 Å². The van der Waals surface area contributed by atoms with E-state index in [1.54, 1.807) is 0 Å². The van der Waals surface area contributed by atoms with Crippen molar-refractivity contribution in [1.29, 1.82) is 0 Å². The van der Waals surface area contributed by atoms with Crippen LogP contribution in [-0.2, 0) is 6.54 Å². The standard InChI is InChI=1S/C28H31N5O2/c34-28(29-23-10-13-26(14-11-23)35-25-8-4-3-5-9-25)30-24-12-15-27-22(20-24)21-33(31-27)19-18-32-16-6-1-2-7-17-32/h3-5,8-15,20-21H,1-2,6-7,16-19H2,(H2,29,30,34). The Bertz CT molecular complexity index is 1250. The molecule has 0 saturated carbocycles. The van der Waals surface area contributed by atoms with E-state index in [0.717, 1.165) is 35.4 Å². The fourth-order valence-corrected chi connectivity index (χ4v) is 4.40. The van der Waals surface area contributed by atoms with Crippen molar-refractivity contribution in [3.63, 3.8) is 0 Å². The molecular formula is C28H31N5O2. The van der Waals surface area contributed by atoms with E-state index in [4.69, 9.17) is 9.84 Å². The van der Waals surface area contributed by atoms with Gasteiger partial charge in [0.2, 0.25) is 0 Å². The lowest BCUT2D eigenvalue weighted by molar-refractivity contribution is 0.262. The number of aromatic nitrogens is 2. The number of para-hydroxylation sites is 1. The van der Waals surface area contributed by atoms with Crippen molar-refractivity contribution in [3.8, 4) is 11.5 Å². The van der Waals surface area contributed by atoms with Crippen LogP contribution >= 0.6 is 0 Å². The highest BCUT2D eigenvalue weighted by molar-refractivity contribution is 6.00. The largest absolute Gasteiger partial charge is 0.457 e. The van der Waals surface area contributed by atoms with Gasteiger partial charge in [-0.15, -0.1) is 0 Å². The summed E-state index contributed by atoms with van der Waals surface area (Å²) in [7, 11) is 0. The van der Waals surface area contributed by atoms with Gasteiger partial charge in [-0.05, 0) is 80.5 Å². The number of benzene rings is 3. The van der Waals surface area contributed by atoms with Gasteiger partial charge in [0.05, 0.1) is 12.1 Å². The lowest BCUT2D eigenvalue weighted by Crippen LogP contribution is -2.28. The topological polar surface area (TPSA) is 71.4 Å². The number of hydrogen-bond donors (Lipinski definition) is 2. The molecule has 1 fully saturated rings. The van der Waals surface area contributed by atoms with Gasteiger partial charge in [-0.1, -0.05) is 31.0 Å². The molecule has 1 saturated heterocycles. The molecule has 4 aromatic rings. The number of likely N-dealkylation sites (tertiary alicyclic amines) is 1. The smallest absolute Gasteiger partial charge is 0.323 e. The summed E-state index contributed by atoms with van der Waals surface area (Å²) in [6, 6.07) is 22.4. The third-order valence-corrected chi connectivity index (χ3v) is 6.24. The quantitative estimate of drug-likeness (QED) is 0.331. The Balaban J connectivity index is 1.15. The predicted octanol–water partition coefficient (Wildman–Crippen LogP) is 6.35. The van der Waals surface area contributed by atoms with Crippen LogP contribution in [0.5, 0.6) is 11.5 Å². The summed E-state index contributed by atoms with van der Waals surface area (Å²) >= 11 is 0. The molecule has 2 amide bonds. The first-order valence-electron chi connectivity index (χ1n) is 12.3. The molecule has 1 aromatic heterocycles. The van der Waals surface area contributed by atoms with Crippen molar-refractivity contribution >= 4 is 28.3 Å². The second-order valence-corrected chi connectivity index (χ2v) is 8.94. The summed E-state index contributed by atoms with van der Waals surface area (Å²) in [4.78, 5) is 15.1. The van der Waals surface area contributed by atoms with E-state index in [-0.39, 0.29) is 6.03 Å². The maximum absolute atomic E-state index is 12.5. The minimum Gasteiger partial charge on any atom is -0.457 e. The van der Waals surface area contributed by atoms with Crippen molar-refractivity contribution in [3.05, 3.63) is 79.0 Å². The summed E-state index contributed by atoms with van der Waals surface area (Å²) in [5.41, 5.74) is 2.34. The van der Waals surface area contributed by atoms with E-state index in [1.807, 2.05) is 77.5 Å².